The summed E-state index contributed by atoms with van der Waals surface area (Å²) < 4.78 is 4.77. The summed E-state index contributed by atoms with van der Waals surface area (Å²) in [5.41, 5.74) is -0.445. The quantitative estimate of drug-likeness (QED) is 0.828. The number of rotatable bonds is 3. The molecular weight excluding hydrogens is 240 g/mol. The predicted octanol–water partition coefficient (Wildman–Crippen LogP) is 1.51. The highest BCUT2D eigenvalue weighted by Gasteiger charge is 2.21. The van der Waals surface area contributed by atoms with Gasteiger partial charge in [-0.1, -0.05) is 0 Å². The van der Waals surface area contributed by atoms with Crippen LogP contribution in [0.5, 0.6) is 0 Å². The van der Waals surface area contributed by atoms with Crippen LogP contribution in [-0.2, 0) is 4.74 Å². The molecular formula is C11H14N2O3S. The van der Waals surface area contributed by atoms with Gasteiger partial charge in [0.05, 0.1) is 11.9 Å². The number of thioether (sulfide) groups is 1. The number of H-pyrrole nitrogens is 1. The fourth-order valence-electron chi connectivity index (χ4n) is 1.72. The summed E-state index contributed by atoms with van der Waals surface area (Å²) in [6, 6.07) is 0. The number of esters is 1. The molecule has 0 amide bonds. The van der Waals surface area contributed by atoms with E-state index in [2.05, 4.69) is 9.97 Å². The van der Waals surface area contributed by atoms with Gasteiger partial charge in [0.15, 0.2) is 0 Å². The summed E-state index contributed by atoms with van der Waals surface area (Å²) in [5.74, 6) is 1.13. The van der Waals surface area contributed by atoms with Gasteiger partial charge >= 0.3 is 5.97 Å². The summed E-state index contributed by atoms with van der Waals surface area (Å²) in [5, 5.41) is 0.249. The van der Waals surface area contributed by atoms with E-state index in [4.69, 9.17) is 4.74 Å². The molecule has 1 aliphatic heterocycles. The molecule has 1 fully saturated rings. The van der Waals surface area contributed by atoms with Gasteiger partial charge in [0.1, 0.15) is 11.4 Å². The van der Waals surface area contributed by atoms with Gasteiger partial charge in [-0.15, -0.1) is 0 Å². The second-order valence-electron chi connectivity index (χ2n) is 3.73. The zero-order chi connectivity index (χ0) is 12.3. The third kappa shape index (κ3) is 2.69. The van der Waals surface area contributed by atoms with E-state index in [9.17, 15) is 9.59 Å². The van der Waals surface area contributed by atoms with E-state index in [0.717, 1.165) is 18.6 Å². The summed E-state index contributed by atoms with van der Waals surface area (Å²) in [7, 11) is 0. The summed E-state index contributed by atoms with van der Waals surface area (Å²) in [4.78, 5) is 29.9. The normalized spacial score (nSPS) is 19.2. The minimum atomic E-state index is -0.619. The van der Waals surface area contributed by atoms with Gasteiger partial charge in [0.25, 0.3) is 5.56 Å². The first kappa shape index (κ1) is 12.2. The second-order valence-corrected chi connectivity index (χ2v) is 5.04. The highest BCUT2D eigenvalue weighted by molar-refractivity contribution is 7.99. The van der Waals surface area contributed by atoms with E-state index >= 15 is 0 Å². The number of aromatic amines is 1. The molecule has 5 nitrogen and oxygen atoms in total. The lowest BCUT2D eigenvalue weighted by Gasteiger charge is -2.07. The van der Waals surface area contributed by atoms with Crippen LogP contribution in [0.2, 0.25) is 0 Å². The van der Waals surface area contributed by atoms with Crippen molar-refractivity contribution in [1.29, 1.82) is 0 Å². The fourth-order valence-corrected chi connectivity index (χ4v) is 2.95. The Kier molecular flexibility index (Phi) is 3.83. The van der Waals surface area contributed by atoms with Gasteiger partial charge in [-0.25, -0.2) is 9.78 Å². The lowest BCUT2D eigenvalue weighted by atomic mass is 10.2. The number of nitrogens with one attached hydrogen (secondary N) is 1. The Balaban J connectivity index is 2.22. The van der Waals surface area contributed by atoms with Gasteiger partial charge in [-0.3, -0.25) is 4.79 Å². The van der Waals surface area contributed by atoms with E-state index in [1.54, 1.807) is 18.7 Å². The van der Waals surface area contributed by atoms with Crippen LogP contribution in [0.25, 0.3) is 0 Å². The first-order valence-electron chi connectivity index (χ1n) is 5.60. The zero-order valence-corrected chi connectivity index (χ0v) is 10.4. The number of aromatic nitrogens is 2. The molecule has 0 aliphatic carbocycles. The Morgan fingerprint density at radius 1 is 1.71 bits per heavy atom. The summed E-state index contributed by atoms with van der Waals surface area (Å²) >= 11 is 1.78. The highest BCUT2D eigenvalue weighted by atomic mass is 32.2. The Hall–Kier alpha value is -1.30. The Morgan fingerprint density at radius 3 is 3.12 bits per heavy atom. The summed E-state index contributed by atoms with van der Waals surface area (Å²) in [6.45, 7) is 1.95. The maximum Gasteiger partial charge on any atom is 0.345 e. The maximum absolute atomic E-state index is 11.7. The van der Waals surface area contributed by atoms with Crippen LogP contribution in [0.4, 0.5) is 0 Å². The molecule has 2 heterocycles. The standard InChI is InChI=1S/C11H14N2O3S/c1-2-16-11(15)7-6-12-9(13-10(7)14)8-4-3-5-17-8/h6,8H,2-5H2,1H3,(H,12,13,14). The first-order valence-corrected chi connectivity index (χ1v) is 6.65. The average Bonchev–Trinajstić information content (AvgIpc) is 2.82. The largest absolute Gasteiger partial charge is 0.462 e. The molecule has 0 bridgehead atoms. The van der Waals surface area contributed by atoms with Crippen LogP contribution in [0, 0.1) is 0 Å². The Morgan fingerprint density at radius 2 is 2.53 bits per heavy atom. The molecule has 1 aromatic rings. The third-order valence-corrected chi connectivity index (χ3v) is 3.93. The van der Waals surface area contributed by atoms with Gasteiger partial charge < -0.3 is 9.72 Å². The molecule has 0 radical (unpaired) electrons. The van der Waals surface area contributed by atoms with Gasteiger partial charge in [-0.05, 0) is 25.5 Å². The SMILES string of the molecule is CCOC(=O)c1cnc(C2CCCS2)[nH]c1=O. The molecule has 1 aromatic heterocycles. The average molecular weight is 254 g/mol. The van der Waals surface area contributed by atoms with Crippen LogP contribution in [0.15, 0.2) is 11.0 Å². The van der Waals surface area contributed by atoms with Crippen molar-refractivity contribution in [3.05, 3.63) is 27.9 Å². The van der Waals surface area contributed by atoms with Crippen molar-refractivity contribution < 1.29 is 9.53 Å². The van der Waals surface area contributed by atoms with Crippen LogP contribution in [0.1, 0.15) is 41.2 Å². The number of carbonyl (C=O) groups is 1. The van der Waals surface area contributed by atoms with E-state index in [1.807, 2.05) is 0 Å². The van der Waals surface area contributed by atoms with Crippen molar-refractivity contribution in [3.63, 3.8) is 0 Å². The predicted molar refractivity (Wildman–Crippen MR) is 65.2 cm³/mol. The van der Waals surface area contributed by atoms with Crippen molar-refractivity contribution in [2.24, 2.45) is 0 Å². The van der Waals surface area contributed by atoms with Crippen molar-refractivity contribution in [2.45, 2.75) is 25.0 Å². The van der Waals surface area contributed by atoms with Crippen LogP contribution < -0.4 is 5.56 Å². The number of hydrogen-bond donors (Lipinski definition) is 1. The minimum absolute atomic E-state index is 0.0291. The molecule has 1 unspecified atom stereocenters. The van der Waals surface area contributed by atoms with Crippen molar-refractivity contribution in [1.82, 2.24) is 9.97 Å². The Labute approximate surface area is 103 Å². The smallest absolute Gasteiger partial charge is 0.345 e. The van der Waals surface area contributed by atoms with E-state index in [0.29, 0.717) is 5.82 Å². The zero-order valence-electron chi connectivity index (χ0n) is 9.56. The monoisotopic (exact) mass is 254 g/mol. The van der Waals surface area contributed by atoms with Crippen molar-refractivity contribution in [2.75, 3.05) is 12.4 Å². The lowest BCUT2D eigenvalue weighted by molar-refractivity contribution is 0.0523. The number of nitrogens with zero attached hydrogens (tertiary/aromatic N) is 1. The van der Waals surface area contributed by atoms with Crippen LogP contribution in [0.3, 0.4) is 0 Å². The third-order valence-electron chi connectivity index (χ3n) is 2.55. The Bertz CT molecular complexity index is 466. The molecule has 0 aromatic carbocycles. The minimum Gasteiger partial charge on any atom is -0.462 e. The van der Waals surface area contributed by atoms with Gasteiger partial charge in [0, 0.05) is 6.20 Å². The van der Waals surface area contributed by atoms with E-state index < -0.39 is 11.5 Å². The molecule has 92 valence electrons. The molecule has 1 aliphatic rings. The van der Waals surface area contributed by atoms with Crippen LogP contribution in [-0.4, -0.2) is 28.3 Å². The van der Waals surface area contributed by atoms with Crippen molar-refractivity contribution >= 4 is 17.7 Å². The molecule has 6 heteroatoms. The lowest BCUT2D eigenvalue weighted by Crippen LogP contribution is -2.22. The molecule has 1 atom stereocenters. The molecule has 2 rings (SSSR count). The summed E-state index contributed by atoms with van der Waals surface area (Å²) in [6.07, 6.45) is 3.47. The van der Waals surface area contributed by atoms with E-state index in [-0.39, 0.29) is 17.4 Å². The molecule has 17 heavy (non-hydrogen) atoms. The molecule has 1 N–H and O–H groups in total. The molecule has 1 saturated heterocycles. The maximum atomic E-state index is 11.7. The van der Waals surface area contributed by atoms with Gasteiger partial charge in [-0.2, -0.15) is 11.8 Å². The van der Waals surface area contributed by atoms with E-state index in [1.165, 1.54) is 6.20 Å². The second kappa shape index (κ2) is 5.35. The fraction of sp³-hybridized carbons (Fsp3) is 0.545. The van der Waals surface area contributed by atoms with Crippen molar-refractivity contribution in [3.8, 4) is 0 Å². The topological polar surface area (TPSA) is 72.0 Å². The van der Waals surface area contributed by atoms with Gasteiger partial charge in [0.2, 0.25) is 0 Å². The first-order chi connectivity index (χ1) is 8.22. The molecule has 0 spiro atoms. The number of hydrogen-bond acceptors (Lipinski definition) is 5. The highest BCUT2D eigenvalue weighted by Crippen LogP contribution is 2.37. The number of carbonyl (C=O) groups excluding carboxylic acids is 1. The molecule has 0 saturated carbocycles. The van der Waals surface area contributed by atoms with Crippen LogP contribution >= 0.6 is 11.8 Å². The number of ether oxygens (including phenoxy) is 1.